The first kappa shape index (κ1) is 21.8. The van der Waals surface area contributed by atoms with Crippen LogP contribution in [0.4, 0.5) is 5.69 Å². The van der Waals surface area contributed by atoms with Crippen molar-refractivity contribution in [2.45, 2.75) is 31.2 Å². The molecule has 2 aromatic carbocycles. The zero-order valence-electron chi connectivity index (χ0n) is 16.7. The summed E-state index contributed by atoms with van der Waals surface area (Å²) in [5, 5.41) is 11.6. The lowest BCUT2D eigenvalue weighted by atomic mass is 10.0. The number of halogens is 1. The molecular formula is C22H21ClN2O4S. The van der Waals surface area contributed by atoms with Gasteiger partial charge in [0.25, 0.3) is 10.0 Å². The zero-order chi connectivity index (χ0) is 22.1. The van der Waals surface area contributed by atoms with E-state index in [1.165, 1.54) is 53.1 Å². The van der Waals surface area contributed by atoms with Gasteiger partial charge in [0.2, 0.25) is 0 Å². The fraction of sp³-hybridized carbons (Fsp3) is 0.182. The molecule has 0 N–H and O–H groups in total. The number of hydrogen-bond donors (Lipinski definition) is 0. The number of rotatable bonds is 5. The van der Waals surface area contributed by atoms with Gasteiger partial charge < -0.3 is 5.21 Å². The van der Waals surface area contributed by atoms with Crippen molar-refractivity contribution in [3.05, 3.63) is 94.4 Å². The highest BCUT2D eigenvalue weighted by atomic mass is 35.5. The van der Waals surface area contributed by atoms with Crippen molar-refractivity contribution in [3.63, 3.8) is 0 Å². The Balaban J connectivity index is 2.23. The van der Waals surface area contributed by atoms with Gasteiger partial charge in [-0.3, -0.25) is 9.10 Å². The molecule has 1 heterocycles. The Labute approximate surface area is 181 Å². The molecular weight excluding hydrogens is 424 g/mol. The SMILES string of the molecule is CC(C)(C)N(c1ccc(Cl)cc1C(=O)c1cc[n+]([O-])cc1)S(=O)(=O)c1ccccc1. The molecule has 0 spiro atoms. The number of benzene rings is 2. The molecule has 0 aliphatic heterocycles. The number of sulfonamides is 1. The Bertz CT molecular complexity index is 1170. The molecule has 30 heavy (non-hydrogen) atoms. The Kier molecular flexibility index (Phi) is 5.87. The van der Waals surface area contributed by atoms with Gasteiger partial charge in [0.05, 0.1) is 10.6 Å². The van der Waals surface area contributed by atoms with Crippen molar-refractivity contribution < 1.29 is 17.9 Å². The minimum atomic E-state index is -3.99. The molecule has 6 nitrogen and oxygen atoms in total. The van der Waals surface area contributed by atoms with E-state index in [1.54, 1.807) is 45.0 Å². The summed E-state index contributed by atoms with van der Waals surface area (Å²) in [6.07, 6.45) is 2.42. The number of hydrogen-bond acceptors (Lipinski definition) is 4. The topological polar surface area (TPSA) is 81.4 Å². The lowest BCUT2D eigenvalue weighted by Crippen LogP contribution is -2.46. The Morgan fingerprint density at radius 2 is 1.60 bits per heavy atom. The summed E-state index contributed by atoms with van der Waals surface area (Å²) < 4.78 is 28.9. The highest BCUT2D eigenvalue weighted by Gasteiger charge is 2.36. The normalized spacial score (nSPS) is 11.9. The third kappa shape index (κ3) is 4.32. The number of ketones is 1. The van der Waals surface area contributed by atoms with Gasteiger partial charge in [-0.2, -0.15) is 4.73 Å². The summed E-state index contributed by atoms with van der Waals surface area (Å²) in [4.78, 5) is 13.3. The Hall–Kier alpha value is -2.90. The molecule has 3 rings (SSSR count). The number of aromatic nitrogens is 1. The predicted molar refractivity (Wildman–Crippen MR) is 116 cm³/mol. The average Bonchev–Trinajstić information content (AvgIpc) is 2.69. The monoisotopic (exact) mass is 444 g/mol. The van der Waals surface area contributed by atoms with Crippen LogP contribution in [0.2, 0.25) is 5.02 Å². The molecule has 0 fully saturated rings. The second-order valence-corrected chi connectivity index (χ2v) is 9.91. The van der Waals surface area contributed by atoms with Crippen LogP contribution < -0.4 is 9.04 Å². The van der Waals surface area contributed by atoms with Crippen molar-refractivity contribution >= 4 is 33.1 Å². The number of pyridine rings is 1. The predicted octanol–water partition coefficient (Wildman–Crippen LogP) is 4.20. The maximum atomic E-state index is 13.6. The fourth-order valence-corrected chi connectivity index (χ4v) is 5.16. The standard InChI is InChI=1S/C22H21ClN2O4S/c1-22(2,3)25(30(28,29)18-7-5-4-6-8-18)20-10-9-17(23)15-19(20)21(26)16-11-13-24(27)14-12-16/h4-15H,1-3H3. The van der Waals surface area contributed by atoms with Gasteiger partial charge in [-0.1, -0.05) is 29.8 Å². The van der Waals surface area contributed by atoms with Gasteiger partial charge in [-0.25, -0.2) is 8.42 Å². The minimum absolute atomic E-state index is 0.111. The van der Waals surface area contributed by atoms with E-state index in [4.69, 9.17) is 11.6 Å². The van der Waals surface area contributed by atoms with Gasteiger partial charge in [-0.05, 0) is 51.1 Å². The maximum absolute atomic E-state index is 13.6. The Morgan fingerprint density at radius 3 is 2.17 bits per heavy atom. The second-order valence-electron chi connectivity index (χ2n) is 7.69. The molecule has 0 aliphatic rings. The quantitative estimate of drug-likeness (QED) is 0.335. The average molecular weight is 445 g/mol. The van der Waals surface area contributed by atoms with E-state index in [-0.39, 0.29) is 21.7 Å². The van der Waals surface area contributed by atoms with Crippen molar-refractivity contribution in [3.8, 4) is 0 Å². The molecule has 8 heteroatoms. The summed E-state index contributed by atoms with van der Waals surface area (Å²) in [7, 11) is -3.99. The van der Waals surface area contributed by atoms with E-state index in [1.807, 2.05) is 0 Å². The van der Waals surface area contributed by atoms with Crippen molar-refractivity contribution in [2.24, 2.45) is 0 Å². The third-order valence-electron chi connectivity index (χ3n) is 4.38. The van der Waals surface area contributed by atoms with E-state index in [0.717, 1.165) is 0 Å². The molecule has 0 bridgehead atoms. The summed E-state index contributed by atoms with van der Waals surface area (Å²) >= 11 is 6.15. The maximum Gasteiger partial charge on any atom is 0.264 e. The summed E-state index contributed by atoms with van der Waals surface area (Å²) in [6, 6.07) is 15.3. The van der Waals surface area contributed by atoms with Gasteiger partial charge in [0.15, 0.2) is 18.2 Å². The first-order chi connectivity index (χ1) is 14.0. The lowest BCUT2D eigenvalue weighted by Gasteiger charge is -2.37. The minimum Gasteiger partial charge on any atom is -0.619 e. The lowest BCUT2D eigenvalue weighted by molar-refractivity contribution is -0.605. The van der Waals surface area contributed by atoms with Crippen LogP contribution in [0.5, 0.6) is 0 Å². The van der Waals surface area contributed by atoms with Gasteiger partial charge in [-0.15, -0.1) is 0 Å². The van der Waals surface area contributed by atoms with Crippen LogP contribution in [0.25, 0.3) is 0 Å². The fourth-order valence-electron chi connectivity index (χ4n) is 3.14. The highest BCUT2D eigenvalue weighted by Crippen LogP contribution is 2.36. The van der Waals surface area contributed by atoms with E-state index < -0.39 is 21.3 Å². The van der Waals surface area contributed by atoms with Crippen molar-refractivity contribution in [1.82, 2.24) is 0 Å². The summed E-state index contributed by atoms with van der Waals surface area (Å²) in [5.74, 6) is -0.439. The molecule has 0 unspecified atom stereocenters. The van der Waals surface area contributed by atoms with Crippen LogP contribution in [0.3, 0.4) is 0 Å². The van der Waals surface area contributed by atoms with Gasteiger partial charge in [0, 0.05) is 33.8 Å². The van der Waals surface area contributed by atoms with Crippen LogP contribution in [0, 0.1) is 5.21 Å². The largest absolute Gasteiger partial charge is 0.619 e. The molecule has 0 atom stereocenters. The highest BCUT2D eigenvalue weighted by molar-refractivity contribution is 7.93. The van der Waals surface area contributed by atoms with E-state index in [9.17, 15) is 18.4 Å². The van der Waals surface area contributed by atoms with Gasteiger partial charge in [0.1, 0.15) is 0 Å². The molecule has 0 aliphatic carbocycles. The molecule has 0 saturated carbocycles. The van der Waals surface area contributed by atoms with Crippen molar-refractivity contribution in [2.75, 3.05) is 4.31 Å². The van der Waals surface area contributed by atoms with E-state index >= 15 is 0 Å². The van der Waals surface area contributed by atoms with Crippen LogP contribution in [0.15, 0.2) is 78.0 Å². The van der Waals surface area contributed by atoms with Crippen LogP contribution in [0.1, 0.15) is 36.7 Å². The van der Waals surface area contributed by atoms with Crippen molar-refractivity contribution in [1.29, 1.82) is 0 Å². The third-order valence-corrected chi connectivity index (χ3v) is 6.71. The molecule has 0 radical (unpaired) electrons. The zero-order valence-corrected chi connectivity index (χ0v) is 18.3. The van der Waals surface area contributed by atoms with Crippen LogP contribution in [-0.2, 0) is 10.0 Å². The van der Waals surface area contributed by atoms with Crippen LogP contribution in [-0.4, -0.2) is 19.7 Å². The number of nitrogens with zero attached hydrogens (tertiary/aromatic N) is 2. The molecule has 3 aromatic rings. The van der Waals surface area contributed by atoms with E-state index in [2.05, 4.69) is 0 Å². The smallest absolute Gasteiger partial charge is 0.264 e. The summed E-state index contributed by atoms with van der Waals surface area (Å²) in [5.41, 5.74) is -0.302. The van der Waals surface area contributed by atoms with E-state index in [0.29, 0.717) is 9.75 Å². The molecule has 0 saturated heterocycles. The first-order valence-electron chi connectivity index (χ1n) is 9.15. The number of anilines is 1. The Morgan fingerprint density at radius 1 is 1.00 bits per heavy atom. The van der Waals surface area contributed by atoms with Crippen LogP contribution >= 0.6 is 11.6 Å². The second kappa shape index (κ2) is 8.08. The number of carbonyl (C=O) groups is 1. The van der Waals surface area contributed by atoms with Gasteiger partial charge >= 0.3 is 0 Å². The molecule has 1 aromatic heterocycles. The number of carbonyl (C=O) groups excluding carboxylic acids is 1. The first-order valence-corrected chi connectivity index (χ1v) is 11.0. The molecule has 156 valence electrons. The summed E-state index contributed by atoms with van der Waals surface area (Å²) in [6.45, 7) is 5.25. The molecule has 0 amide bonds.